The quantitative estimate of drug-likeness (QED) is 0.885. The van der Waals surface area contributed by atoms with Crippen molar-refractivity contribution in [1.82, 2.24) is 9.88 Å². The highest BCUT2D eigenvalue weighted by molar-refractivity contribution is 5.66. The molecule has 1 aromatic heterocycles. The van der Waals surface area contributed by atoms with E-state index in [2.05, 4.69) is 28.6 Å². The fraction of sp³-hybridized carbons (Fsp3) is 0.643. The summed E-state index contributed by atoms with van der Waals surface area (Å²) in [5.41, 5.74) is 8.05. The third kappa shape index (κ3) is 2.93. The number of nitrogens with zero attached hydrogens (tertiary/aromatic N) is 3. The number of hydrogen-bond donors (Lipinski definition) is 1. The second kappa shape index (κ2) is 5.57. The number of aryl methyl sites for hydroxylation is 1. The highest BCUT2D eigenvalue weighted by Crippen LogP contribution is 2.24. The van der Waals surface area contributed by atoms with Gasteiger partial charge in [-0.1, -0.05) is 13.8 Å². The van der Waals surface area contributed by atoms with E-state index in [0.29, 0.717) is 0 Å². The summed E-state index contributed by atoms with van der Waals surface area (Å²) in [4.78, 5) is 9.26. The molecule has 0 radical (unpaired) electrons. The Kier molecular flexibility index (Phi) is 4.07. The van der Waals surface area contributed by atoms with Gasteiger partial charge in [0.25, 0.3) is 0 Å². The lowest BCUT2D eigenvalue weighted by Crippen LogP contribution is -2.47. The van der Waals surface area contributed by atoms with Gasteiger partial charge >= 0.3 is 0 Å². The number of anilines is 2. The Bertz CT molecular complexity index is 395. The smallest absolute Gasteiger partial charge is 0.152 e. The zero-order valence-corrected chi connectivity index (χ0v) is 11.7. The van der Waals surface area contributed by atoms with Crippen molar-refractivity contribution in [2.24, 2.45) is 5.92 Å². The van der Waals surface area contributed by atoms with E-state index in [1.54, 1.807) is 0 Å². The summed E-state index contributed by atoms with van der Waals surface area (Å²) in [7, 11) is 0. The van der Waals surface area contributed by atoms with Crippen LogP contribution in [0.1, 0.15) is 19.4 Å². The molecule has 2 heterocycles. The van der Waals surface area contributed by atoms with Crippen LogP contribution < -0.4 is 10.6 Å². The average Bonchev–Trinajstić information content (AvgIpc) is 2.33. The second-order valence-electron chi connectivity index (χ2n) is 5.55. The maximum absolute atomic E-state index is 6.11. The van der Waals surface area contributed by atoms with Crippen molar-refractivity contribution in [3.63, 3.8) is 0 Å². The summed E-state index contributed by atoms with van der Waals surface area (Å²) in [5.74, 6) is 1.69. The van der Waals surface area contributed by atoms with Gasteiger partial charge in [0.15, 0.2) is 5.82 Å². The monoisotopic (exact) mass is 248 g/mol. The molecule has 1 aliphatic rings. The maximum Gasteiger partial charge on any atom is 0.152 e. The molecular weight excluding hydrogens is 224 g/mol. The molecule has 0 atom stereocenters. The number of nitrogen functional groups attached to an aromatic ring is 1. The van der Waals surface area contributed by atoms with Crippen LogP contribution in [0.4, 0.5) is 11.5 Å². The van der Waals surface area contributed by atoms with Gasteiger partial charge in [-0.15, -0.1) is 0 Å². The SMILES string of the molecule is Cc1ccnc(N2CCN(CC(C)C)CC2)c1N. The molecule has 0 bridgehead atoms. The lowest BCUT2D eigenvalue weighted by atomic mass is 10.2. The number of hydrogen-bond acceptors (Lipinski definition) is 4. The van der Waals surface area contributed by atoms with Crippen LogP contribution in [0, 0.1) is 12.8 Å². The molecule has 1 saturated heterocycles. The van der Waals surface area contributed by atoms with Gasteiger partial charge in [-0.2, -0.15) is 0 Å². The van der Waals surface area contributed by atoms with E-state index in [9.17, 15) is 0 Å². The molecule has 0 aliphatic carbocycles. The summed E-state index contributed by atoms with van der Waals surface area (Å²) in [6, 6.07) is 1.97. The molecule has 0 saturated carbocycles. The van der Waals surface area contributed by atoms with Crippen molar-refractivity contribution in [1.29, 1.82) is 0 Å². The average molecular weight is 248 g/mol. The Morgan fingerprint density at radius 2 is 1.94 bits per heavy atom. The lowest BCUT2D eigenvalue weighted by Gasteiger charge is -2.36. The molecule has 1 aliphatic heterocycles. The van der Waals surface area contributed by atoms with Crippen molar-refractivity contribution in [2.45, 2.75) is 20.8 Å². The van der Waals surface area contributed by atoms with Gasteiger partial charge in [0, 0.05) is 38.9 Å². The van der Waals surface area contributed by atoms with Gasteiger partial charge in [-0.3, -0.25) is 4.90 Å². The fourth-order valence-electron chi connectivity index (χ4n) is 2.47. The number of pyridine rings is 1. The molecule has 0 spiro atoms. The van der Waals surface area contributed by atoms with Gasteiger partial charge < -0.3 is 10.6 Å². The molecule has 4 nitrogen and oxygen atoms in total. The van der Waals surface area contributed by atoms with Crippen LogP contribution in [0.3, 0.4) is 0 Å². The van der Waals surface area contributed by atoms with Crippen LogP contribution in [0.2, 0.25) is 0 Å². The number of aromatic nitrogens is 1. The first kappa shape index (κ1) is 13.1. The predicted molar refractivity (Wildman–Crippen MR) is 76.9 cm³/mol. The Morgan fingerprint density at radius 1 is 1.28 bits per heavy atom. The van der Waals surface area contributed by atoms with Crippen LogP contribution in [0.5, 0.6) is 0 Å². The standard InChI is InChI=1S/C14H24N4/c1-11(2)10-17-6-8-18(9-7-17)14-13(15)12(3)4-5-16-14/h4-5,11H,6-10,15H2,1-3H3. The van der Waals surface area contributed by atoms with Crippen molar-refractivity contribution in [3.05, 3.63) is 17.8 Å². The van der Waals surface area contributed by atoms with Crippen LogP contribution in [0.25, 0.3) is 0 Å². The summed E-state index contributed by atoms with van der Waals surface area (Å²) >= 11 is 0. The van der Waals surface area contributed by atoms with Crippen LogP contribution in [0.15, 0.2) is 12.3 Å². The van der Waals surface area contributed by atoms with Crippen molar-refractivity contribution in [2.75, 3.05) is 43.4 Å². The van der Waals surface area contributed by atoms with E-state index in [4.69, 9.17) is 5.73 Å². The van der Waals surface area contributed by atoms with Gasteiger partial charge in [-0.25, -0.2) is 4.98 Å². The summed E-state index contributed by atoms with van der Waals surface area (Å²) in [6.45, 7) is 12.0. The van der Waals surface area contributed by atoms with Crippen molar-refractivity contribution >= 4 is 11.5 Å². The summed E-state index contributed by atoms with van der Waals surface area (Å²) in [5, 5.41) is 0. The molecule has 0 unspecified atom stereocenters. The molecule has 4 heteroatoms. The molecule has 1 fully saturated rings. The lowest BCUT2D eigenvalue weighted by molar-refractivity contribution is 0.231. The minimum absolute atomic E-state index is 0.735. The third-order valence-electron chi connectivity index (χ3n) is 3.48. The third-order valence-corrected chi connectivity index (χ3v) is 3.48. The van der Waals surface area contributed by atoms with Gasteiger partial charge in [-0.05, 0) is 24.5 Å². The van der Waals surface area contributed by atoms with E-state index < -0.39 is 0 Å². The molecular formula is C14H24N4. The number of rotatable bonds is 3. The minimum atomic E-state index is 0.735. The molecule has 1 aromatic rings. The summed E-state index contributed by atoms with van der Waals surface area (Å²) < 4.78 is 0. The molecule has 2 rings (SSSR count). The largest absolute Gasteiger partial charge is 0.396 e. The van der Waals surface area contributed by atoms with E-state index in [0.717, 1.165) is 49.2 Å². The second-order valence-corrected chi connectivity index (χ2v) is 5.55. The molecule has 18 heavy (non-hydrogen) atoms. The fourth-order valence-corrected chi connectivity index (χ4v) is 2.47. The number of piperazine rings is 1. The normalized spacial score (nSPS) is 17.4. The molecule has 0 amide bonds. The van der Waals surface area contributed by atoms with Crippen LogP contribution in [-0.2, 0) is 0 Å². The van der Waals surface area contributed by atoms with E-state index in [-0.39, 0.29) is 0 Å². The molecule has 2 N–H and O–H groups in total. The maximum atomic E-state index is 6.11. The highest BCUT2D eigenvalue weighted by Gasteiger charge is 2.20. The first-order valence-corrected chi connectivity index (χ1v) is 6.76. The van der Waals surface area contributed by atoms with Crippen LogP contribution in [-0.4, -0.2) is 42.6 Å². The zero-order chi connectivity index (χ0) is 13.1. The van der Waals surface area contributed by atoms with Gasteiger partial charge in [0.1, 0.15) is 0 Å². The van der Waals surface area contributed by atoms with Crippen molar-refractivity contribution in [3.8, 4) is 0 Å². The Morgan fingerprint density at radius 3 is 2.56 bits per heavy atom. The van der Waals surface area contributed by atoms with E-state index >= 15 is 0 Å². The van der Waals surface area contributed by atoms with E-state index in [1.165, 1.54) is 6.54 Å². The zero-order valence-electron chi connectivity index (χ0n) is 11.7. The number of nitrogens with two attached hydrogens (primary N) is 1. The molecule has 100 valence electrons. The Labute approximate surface area is 110 Å². The Balaban J connectivity index is 1.99. The van der Waals surface area contributed by atoms with E-state index in [1.807, 2.05) is 19.2 Å². The van der Waals surface area contributed by atoms with Crippen molar-refractivity contribution < 1.29 is 0 Å². The predicted octanol–water partition coefficient (Wildman–Crippen LogP) is 1.75. The highest BCUT2D eigenvalue weighted by atomic mass is 15.3. The molecule has 0 aromatic carbocycles. The minimum Gasteiger partial charge on any atom is -0.396 e. The van der Waals surface area contributed by atoms with Gasteiger partial charge in [0.2, 0.25) is 0 Å². The summed E-state index contributed by atoms with van der Waals surface area (Å²) in [6.07, 6.45) is 1.85. The first-order chi connectivity index (χ1) is 8.58. The first-order valence-electron chi connectivity index (χ1n) is 6.76. The van der Waals surface area contributed by atoms with Gasteiger partial charge in [0.05, 0.1) is 5.69 Å². The topological polar surface area (TPSA) is 45.4 Å². The Hall–Kier alpha value is -1.29. The van der Waals surface area contributed by atoms with Crippen LogP contribution >= 0.6 is 0 Å².